The molecule has 9 heteroatoms. The fourth-order valence-corrected chi connectivity index (χ4v) is 2.74. The number of rotatable bonds is 3. The number of nitrogens with one attached hydrogen (secondary N) is 2. The van der Waals surface area contributed by atoms with E-state index < -0.39 is 5.91 Å². The lowest BCUT2D eigenvalue weighted by Crippen LogP contribution is -2.39. The Morgan fingerprint density at radius 1 is 1.17 bits per heavy atom. The Hall–Kier alpha value is -2.97. The second-order valence-electron chi connectivity index (χ2n) is 5.39. The maximum absolute atomic E-state index is 12.7. The normalized spacial score (nSPS) is 17.9. The average Bonchev–Trinajstić information content (AvgIpc) is 3.05. The number of primary amides is 1. The van der Waals surface area contributed by atoms with Gasteiger partial charge in [-0.05, 0) is 31.4 Å². The predicted octanol–water partition coefficient (Wildman–Crippen LogP) is -0.0407. The molecule has 1 aliphatic heterocycles. The maximum Gasteiger partial charge on any atom is 0.274 e. The molecule has 1 aliphatic rings. The van der Waals surface area contributed by atoms with E-state index in [4.69, 9.17) is 5.73 Å². The highest BCUT2D eigenvalue weighted by molar-refractivity contribution is 5.93. The fourth-order valence-electron chi connectivity index (χ4n) is 2.74. The summed E-state index contributed by atoms with van der Waals surface area (Å²) in [6.45, 7) is 0.565. The van der Waals surface area contributed by atoms with E-state index in [1.54, 1.807) is 11.0 Å². The summed E-state index contributed by atoms with van der Waals surface area (Å²) in [5.74, 6) is -0.898. The van der Waals surface area contributed by atoms with Crippen LogP contribution in [-0.2, 0) is 0 Å². The molecule has 2 amide bonds. The Morgan fingerprint density at radius 3 is 2.61 bits per heavy atom. The van der Waals surface area contributed by atoms with Crippen molar-refractivity contribution in [1.82, 2.24) is 25.3 Å². The van der Waals surface area contributed by atoms with Gasteiger partial charge in [0.1, 0.15) is 11.4 Å². The molecule has 0 aliphatic carbocycles. The van der Waals surface area contributed by atoms with Crippen LogP contribution in [0.3, 0.4) is 0 Å². The van der Waals surface area contributed by atoms with Crippen LogP contribution in [-0.4, -0.2) is 43.7 Å². The lowest BCUT2D eigenvalue weighted by Gasteiger charge is -2.34. The van der Waals surface area contributed by atoms with Crippen molar-refractivity contribution >= 4 is 11.8 Å². The van der Waals surface area contributed by atoms with Gasteiger partial charge >= 0.3 is 0 Å². The molecular formula is C14H16N6O3. The number of carbonyl (C=O) groups excluding carboxylic acids is 2. The smallest absolute Gasteiger partial charge is 0.274 e. The minimum atomic E-state index is -0.622. The van der Waals surface area contributed by atoms with Crippen LogP contribution in [0, 0.1) is 0 Å². The number of amides is 2. The zero-order valence-corrected chi connectivity index (χ0v) is 12.3. The van der Waals surface area contributed by atoms with Gasteiger partial charge in [-0.15, -0.1) is 0 Å². The first-order valence-corrected chi connectivity index (χ1v) is 7.28. The number of nitrogens with two attached hydrogens (primary N) is 1. The Bertz CT molecular complexity index is 775. The number of hydrogen-bond acceptors (Lipinski definition) is 5. The highest BCUT2D eigenvalue weighted by Crippen LogP contribution is 2.31. The third-order valence-corrected chi connectivity index (χ3v) is 3.87. The molecule has 3 heterocycles. The van der Waals surface area contributed by atoms with Gasteiger partial charge < -0.3 is 10.6 Å². The number of carbonyl (C=O) groups is 2. The van der Waals surface area contributed by atoms with Crippen molar-refractivity contribution < 1.29 is 9.59 Å². The molecule has 23 heavy (non-hydrogen) atoms. The molecule has 1 fully saturated rings. The molecule has 4 N–H and O–H groups in total. The van der Waals surface area contributed by atoms with E-state index in [-0.39, 0.29) is 28.9 Å². The third-order valence-electron chi connectivity index (χ3n) is 3.87. The van der Waals surface area contributed by atoms with Gasteiger partial charge in [-0.1, -0.05) is 0 Å². The Balaban J connectivity index is 1.88. The van der Waals surface area contributed by atoms with Crippen LogP contribution in [0.15, 0.2) is 23.0 Å². The summed E-state index contributed by atoms with van der Waals surface area (Å²) < 4.78 is 0. The number of nitrogens with zero attached hydrogens (tertiary/aromatic N) is 3. The van der Waals surface area contributed by atoms with Crippen LogP contribution < -0.4 is 11.3 Å². The third kappa shape index (κ3) is 2.98. The highest BCUT2D eigenvalue weighted by Gasteiger charge is 2.31. The van der Waals surface area contributed by atoms with Crippen molar-refractivity contribution in [2.45, 2.75) is 25.3 Å². The number of hydrogen-bond donors (Lipinski definition) is 3. The lowest BCUT2D eigenvalue weighted by molar-refractivity contribution is 0.0598. The minimum Gasteiger partial charge on any atom is -0.364 e. The largest absolute Gasteiger partial charge is 0.364 e. The van der Waals surface area contributed by atoms with Gasteiger partial charge in [0.15, 0.2) is 0 Å². The second kappa shape index (κ2) is 6.03. The molecule has 3 rings (SSSR count). The van der Waals surface area contributed by atoms with Crippen LogP contribution in [0.4, 0.5) is 0 Å². The molecule has 0 unspecified atom stereocenters. The minimum absolute atomic E-state index is 0.139. The van der Waals surface area contributed by atoms with E-state index in [9.17, 15) is 14.4 Å². The first-order valence-electron chi connectivity index (χ1n) is 7.28. The second-order valence-corrected chi connectivity index (χ2v) is 5.39. The van der Waals surface area contributed by atoms with Crippen molar-refractivity contribution in [3.05, 3.63) is 45.6 Å². The molecular weight excluding hydrogens is 300 g/mol. The summed E-state index contributed by atoms with van der Waals surface area (Å²) in [6.07, 6.45) is 2.58. The molecule has 0 radical (unpaired) electrons. The van der Waals surface area contributed by atoms with E-state index in [1.165, 1.54) is 12.1 Å². The summed E-state index contributed by atoms with van der Waals surface area (Å²) in [6, 6.07) is 4.00. The number of aromatic nitrogens is 4. The first-order chi connectivity index (χ1) is 11.1. The standard InChI is InChI=1S/C14H16N6O3/c15-13(22)10-7-9(17-18-10)11-3-1-2-6-20(11)14(23)8-4-5-12(21)19-16-8/h4-5,7,11H,1-3,6H2,(H2,15,22)(H,17,18)(H,19,21)/t11-/m1/s1. The van der Waals surface area contributed by atoms with Crippen molar-refractivity contribution in [2.75, 3.05) is 6.54 Å². The molecule has 0 spiro atoms. The molecule has 0 saturated carbocycles. The maximum atomic E-state index is 12.7. The van der Waals surface area contributed by atoms with Crippen LogP contribution in [0.2, 0.25) is 0 Å². The Kier molecular flexibility index (Phi) is 3.92. The summed E-state index contributed by atoms with van der Waals surface area (Å²) in [5.41, 5.74) is 5.82. The van der Waals surface area contributed by atoms with E-state index in [0.29, 0.717) is 12.2 Å². The van der Waals surface area contributed by atoms with Crippen LogP contribution in [0.5, 0.6) is 0 Å². The molecule has 2 aromatic rings. The van der Waals surface area contributed by atoms with E-state index in [0.717, 1.165) is 19.3 Å². The van der Waals surface area contributed by atoms with Crippen LogP contribution in [0.25, 0.3) is 0 Å². The molecule has 9 nitrogen and oxygen atoms in total. The van der Waals surface area contributed by atoms with Crippen molar-refractivity contribution in [2.24, 2.45) is 5.73 Å². The van der Waals surface area contributed by atoms with Gasteiger partial charge in [0.2, 0.25) is 0 Å². The van der Waals surface area contributed by atoms with Gasteiger partial charge in [0, 0.05) is 12.6 Å². The quantitative estimate of drug-likeness (QED) is 0.729. The van der Waals surface area contributed by atoms with Gasteiger partial charge in [0.25, 0.3) is 17.4 Å². The highest BCUT2D eigenvalue weighted by atomic mass is 16.2. The fraction of sp³-hybridized carbons (Fsp3) is 0.357. The zero-order valence-electron chi connectivity index (χ0n) is 12.3. The molecule has 0 bridgehead atoms. The van der Waals surface area contributed by atoms with Crippen LogP contribution >= 0.6 is 0 Å². The van der Waals surface area contributed by atoms with E-state index in [2.05, 4.69) is 20.4 Å². The monoisotopic (exact) mass is 316 g/mol. The van der Waals surface area contributed by atoms with Gasteiger partial charge in [-0.3, -0.25) is 19.5 Å². The van der Waals surface area contributed by atoms with Crippen molar-refractivity contribution in [3.63, 3.8) is 0 Å². The summed E-state index contributed by atoms with van der Waals surface area (Å²) in [5, 5.41) is 12.7. The lowest BCUT2D eigenvalue weighted by atomic mass is 9.98. The molecule has 1 saturated heterocycles. The van der Waals surface area contributed by atoms with Crippen LogP contribution in [0.1, 0.15) is 52.0 Å². The zero-order chi connectivity index (χ0) is 16.4. The summed E-state index contributed by atoms with van der Waals surface area (Å²) in [4.78, 5) is 36.6. The van der Waals surface area contributed by atoms with Crippen molar-refractivity contribution in [3.8, 4) is 0 Å². The Morgan fingerprint density at radius 2 is 1.96 bits per heavy atom. The summed E-state index contributed by atoms with van der Waals surface area (Å²) >= 11 is 0. The number of piperidine rings is 1. The van der Waals surface area contributed by atoms with E-state index in [1.807, 2.05) is 0 Å². The number of likely N-dealkylation sites (tertiary alicyclic amines) is 1. The topological polar surface area (TPSA) is 138 Å². The molecule has 120 valence electrons. The number of H-pyrrole nitrogens is 2. The number of aromatic amines is 2. The molecule has 0 aromatic carbocycles. The Labute approximate surface area is 130 Å². The van der Waals surface area contributed by atoms with Gasteiger partial charge in [-0.25, -0.2) is 5.10 Å². The van der Waals surface area contributed by atoms with Gasteiger partial charge in [-0.2, -0.15) is 10.2 Å². The van der Waals surface area contributed by atoms with Gasteiger partial charge in [0.05, 0.1) is 11.7 Å². The predicted molar refractivity (Wildman–Crippen MR) is 79.6 cm³/mol. The average molecular weight is 316 g/mol. The molecule has 1 atom stereocenters. The van der Waals surface area contributed by atoms with Crippen molar-refractivity contribution in [1.29, 1.82) is 0 Å². The first kappa shape index (κ1) is 14.9. The van der Waals surface area contributed by atoms with E-state index >= 15 is 0 Å². The molecule has 2 aromatic heterocycles. The SMILES string of the molecule is NC(=O)c1cc([C@H]2CCCCN2C(=O)c2ccc(=O)[nH]n2)[nH]n1. The summed E-state index contributed by atoms with van der Waals surface area (Å²) in [7, 11) is 0.